The zero-order valence-electron chi connectivity index (χ0n) is 16.7. The Morgan fingerprint density at radius 3 is 1.70 bits per heavy atom. The standard InChI is InChI=1S/C24H29NO2/c1-4-5-6-7-8-9-14-25-23-12-10-19(17(2)26)15-21(23)22-16-20(18(3)27)11-13-24(22)25/h10-13,15-16H,4-9,14H2,1-3H3. The minimum absolute atomic E-state index is 0.0662. The van der Waals surface area contributed by atoms with E-state index in [4.69, 9.17) is 0 Å². The van der Waals surface area contributed by atoms with Crippen LogP contribution in [0.15, 0.2) is 36.4 Å². The number of aryl methyl sites for hydroxylation is 1. The fourth-order valence-corrected chi connectivity index (χ4v) is 3.83. The van der Waals surface area contributed by atoms with Crippen molar-refractivity contribution in [3.8, 4) is 0 Å². The first-order valence-corrected chi connectivity index (χ1v) is 10.1. The van der Waals surface area contributed by atoms with Gasteiger partial charge in [0, 0.05) is 39.5 Å². The number of hydrogen-bond donors (Lipinski definition) is 0. The average Bonchev–Trinajstić information content (AvgIpc) is 2.97. The van der Waals surface area contributed by atoms with Gasteiger partial charge in [-0.05, 0) is 56.7 Å². The number of carbonyl (C=O) groups excluding carboxylic acids is 2. The van der Waals surface area contributed by atoms with E-state index in [1.807, 2.05) is 24.3 Å². The zero-order chi connectivity index (χ0) is 19.4. The highest BCUT2D eigenvalue weighted by molar-refractivity contribution is 6.12. The first-order valence-electron chi connectivity index (χ1n) is 10.1. The van der Waals surface area contributed by atoms with E-state index < -0.39 is 0 Å². The van der Waals surface area contributed by atoms with Crippen molar-refractivity contribution >= 4 is 33.4 Å². The highest BCUT2D eigenvalue weighted by atomic mass is 16.1. The molecule has 0 aliphatic heterocycles. The Balaban J connectivity index is 2.00. The van der Waals surface area contributed by atoms with Crippen molar-refractivity contribution in [3.63, 3.8) is 0 Å². The lowest BCUT2D eigenvalue weighted by Gasteiger charge is -2.08. The molecule has 142 valence electrons. The first kappa shape index (κ1) is 19.3. The molecule has 3 nitrogen and oxygen atoms in total. The van der Waals surface area contributed by atoms with Crippen molar-refractivity contribution in [2.24, 2.45) is 0 Å². The van der Waals surface area contributed by atoms with Gasteiger partial charge < -0.3 is 4.57 Å². The Morgan fingerprint density at radius 2 is 1.22 bits per heavy atom. The summed E-state index contributed by atoms with van der Waals surface area (Å²) in [4.78, 5) is 23.7. The predicted octanol–water partition coefficient (Wildman–Crippen LogP) is 6.56. The van der Waals surface area contributed by atoms with Gasteiger partial charge in [0.15, 0.2) is 11.6 Å². The molecule has 0 unspecified atom stereocenters. The summed E-state index contributed by atoms with van der Waals surface area (Å²) >= 11 is 0. The van der Waals surface area contributed by atoms with Crippen LogP contribution in [-0.4, -0.2) is 16.1 Å². The van der Waals surface area contributed by atoms with Gasteiger partial charge in [0.2, 0.25) is 0 Å². The van der Waals surface area contributed by atoms with Gasteiger partial charge in [0.05, 0.1) is 0 Å². The minimum atomic E-state index is 0.0662. The molecule has 1 aromatic heterocycles. The zero-order valence-corrected chi connectivity index (χ0v) is 16.7. The van der Waals surface area contributed by atoms with Crippen LogP contribution >= 0.6 is 0 Å². The summed E-state index contributed by atoms with van der Waals surface area (Å²) in [6.07, 6.45) is 7.56. The molecule has 1 heterocycles. The van der Waals surface area contributed by atoms with Crippen LogP contribution in [0.25, 0.3) is 21.8 Å². The van der Waals surface area contributed by atoms with Crippen molar-refractivity contribution in [2.75, 3.05) is 0 Å². The van der Waals surface area contributed by atoms with Crippen molar-refractivity contribution in [1.29, 1.82) is 0 Å². The maximum Gasteiger partial charge on any atom is 0.159 e. The molecule has 2 aromatic carbocycles. The SMILES string of the molecule is CCCCCCCCn1c2ccc(C(C)=O)cc2c2cc(C(C)=O)ccc21. The third-order valence-corrected chi connectivity index (χ3v) is 5.41. The number of aromatic nitrogens is 1. The fourth-order valence-electron chi connectivity index (χ4n) is 3.83. The number of nitrogens with zero attached hydrogens (tertiary/aromatic N) is 1. The summed E-state index contributed by atoms with van der Waals surface area (Å²) < 4.78 is 2.35. The molecular formula is C24H29NO2. The summed E-state index contributed by atoms with van der Waals surface area (Å²) in [6.45, 7) is 6.39. The number of ketones is 2. The largest absolute Gasteiger partial charge is 0.340 e. The van der Waals surface area contributed by atoms with E-state index in [0.29, 0.717) is 11.1 Å². The lowest BCUT2D eigenvalue weighted by molar-refractivity contribution is 0.100. The van der Waals surface area contributed by atoms with Gasteiger partial charge in [0.1, 0.15) is 0 Å². The average molecular weight is 364 g/mol. The molecule has 0 N–H and O–H groups in total. The Kier molecular flexibility index (Phi) is 6.10. The molecule has 0 aliphatic carbocycles. The molecule has 3 aromatic rings. The maximum absolute atomic E-state index is 11.8. The Bertz CT molecular complexity index is 910. The van der Waals surface area contributed by atoms with Gasteiger partial charge >= 0.3 is 0 Å². The minimum Gasteiger partial charge on any atom is -0.340 e. The fraction of sp³-hybridized carbons (Fsp3) is 0.417. The van der Waals surface area contributed by atoms with Gasteiger partial charge in [-0.1, -0.05) is 39.0 Å². The predicted molar refractivity (Wildman–Crippen MR) is 113 cm³/mol. The van der Waals surface area contributed by atoms with E-state index in [9.17, 15) is 9.59 Å². The molecule has 0 spiro atoms. The quantitative estimate of drug-likeness (QED) is 0.319. The van der Waals surface area contributed by atoms with Crippen molar-refractivity contribution in [3.05, 3.63) is 47.5 Å². The van der Waals surface area contributed by atoms with Crippen LogP contribution in [0.2, 0.25) is 0 Å². The van der Waals surface area contributed by atoms with Crippen LogP contribution in [0.4, 0.5) is 0 Å². The number of rotatable bonds is 9. The molecule has 3 rings (SSSR count). The molecule has 27 heavy (non-hydrogen) atoms. The summed E-state index contributed by atoms with van der Waals surface area (Å²) in [5.41, 5.74) is 3.72. The molecule has 0 aliphatic rings. The van der Waals surface area contributed by atoms with Crippen LogP contribution < -0.4 is 0 Å². The smallest absolute Gasteiger partial charge is 0.159 e. The third-order valence-electron chi connectivity index (χ3n) is 5.41. The molecule has 0 fully saturated rings. The van der Waals surface area contributed by atoms with Crippen LogP contribution in [0, 0.1) is 0 Å². The number of carbonyl (C=O) groups is 2. The Labute approximate surface area is 161 Å². The molecule has 0 amide bonds. The van der Waals surface area contributed by atoms with Crippen molar-refractivity contribution < 1.29 is 9.59 Å². The molecule has 0 atom stereocenters. The van der Waals surface area contributed by atoms with E-state index in [0.717, 1.165) is 34.8 Å². The van der Waals surface area contributed by atoms with E-state index in [2.05, 4.69) is 23.6 Å². The van der Waals surface area contributed by atoms with Crippen LogP contribution in [0.3, 0.4) is 0 Å². The third kappa shape index (κ3) is 4.13. The van der Waals surface area contributed by atoms with E-state index >= 15 is 0 Å². The van der Waals surface area contributed by atoms with Gasteiger partial charge in [-0.2, -0.15) is 0 Å². The van der Waals surface area contributed by atoms with Gasteiger partial charge in [-0.15, -0.1) is 0 Å². The van der Waals surface area contributed by atoms with Crippen LogP contribution in [0.5, 0.6) is 0 Å². The van der Waals surface area contributed by atoms with Crippen molar-refractivity contribution in [1.82, 2.24) is 4.57 Å². The van der Waals surface area contributed by atoms with Gasteiger partial charge in [-0.25, -0.2) is 0 Å². The lowest BCUT2D eigenvalue weighted by atomic mass is 10.0. The summed E-state index contributed by atoms with van der Waals surface area (Å²) in [5.74, 6) is 0.132. The molecule has 0 saturated heterocycles. The second kappa shape index (κ2) is 8.51. The monoisotopic (exact) mass is 363 g/mol. The number of unbranched alkanes of at least 4 members (excludes halogenated alkanes) is 5. The first-order chi connectivity index (χ1) is 13.0. The highest BCUT2D eigenvalue weighted by Gasteiger charge is 2.14. The maximum atomic E-state index is 11.8. The Morgan fingerprint density at radius 1 is 0.741 bits per heavy atom. The number of benzene rings is 2. The second-order valence-corrected chi connectivity index (χ2v) is 7.50. The number of fused-ring (bicyclic) bond motifs is 3. The van der Waals surface area contributed by atoms with E-state index in [1.165, 1.54) is 32.1 Å². The molecule has 3 heteroatoms. The number of hydrogen-bond acceptors (Lipinski definition) is 2. The molecule has 0 bridgehead atoms. The number of Topliss-reactive ketones (excluding diaryl/α,β-unsaturated/α-hetero) is 2. The Hall–Kier alpha value is -2.42. The molecule has 0 radical (unpaired) electrons. The molecular weight excluding hydrogens is 334 g/mol. The van der Waals surface area contributed by atoms with Gasteiger partial charge in [-0.3, -0.25) is 9.59 Å². The molecule has 0 saturated carbocycles. The van der Waals surface area contributed by atoms with Crippen LogP contribution in [-0.2, 0) is 6.54 Å². The topological polar surface area (TPSA) is 39.1 Å². The second-order valence-electron chi connectivity index (χ2n) is 7.50. The van der Waals surface area contributed by atoms with E-state index in [-0.39, 0.29) is 11.6 Å². The van der Waals surface area contributed by atoms with Crippen molar-refractivity contribution in [2.45, 2.75) is 65.8 Å². The lowest BCUT2D eigenvalue weighted by Crippen LogP contribution is -1.99. The summed E-state index contributed by atoms with van der Waals surface area (Å²) in [7, 11) is 0. The normalized spacial score (nSPS) is 11.4. The van der Waals surface area contributed by atoms with Gasteiger partial charge in [0.25, 0.3) is 0 Å². The van der Waals surface area contributed by atoms with E-state index in [1.54, 1.807) is 13.8 Å². The summed E-state index contributed by atoms with van der Waals surface area (Å²) in [5, 5.41) is 2.12. The van der Waals surface area contributed by atoms with Crippen LogP contribution in [0.1, 0.15) is 80.0 Å². The highest BCUT2D eigenvalue weighted by Crippen LogP contribution is 2.31. The summed E-state index contributed by atoms with van der Waals surface area (Å²) in [6, 6.07) is 11.9.